The average Bonchev–Trinajstić information content (AvgIpc) is 2.68. The van der Waals surface area contributed by atoms with Gasteiger partial charge < -0.3 is 5.32 Å². The third-order valence-electron chi connectivity index (χ3n) is 2.60. The van der Waals surface area contributed by atoms with E-state index in [2.05, 4.69) is 20.5 Å². The first-order chi connectivity index (χ1) is 8.97. The zero-order valence-electron chi connectivity index (χ0n) is 11.6. The number of fused-ring (bicyclic) bond motifs is 1. The van der Waals surface area contributed by atoms with Crippen LogP contribution in [0.15, 0.2) is 17.7 Å². The molecule has 19 heavy (non-hydrogen) atoms. The summed E-state index contributed by atoms with van der Waals surface area (Å²) in [5.41, 5.74) is 2.86. The predicted octanol–water partition coefficient (Wildman–Crippen LogP) is 1.32. The van der Waals surface area contributed by atoms with Crippen LogP contribution in [0.5, 0.6) is 0 Å². The van der Waals surface area contributed by atoms with Gasteiger partial charge in [0, 0.05) is 17.5 Å². The fourth-order valence-corrected chi connectivity index (χ4v) is 1.89. The number of hydrogen-bond donors (Lipinski definition) is 1. The molecule has 0 aliphatic heterocycles. The maximum absolute atomic E-state index is 11.6. The molecule has 2 aromatic rings. The maximum atomic E-state index is 11.6. The van der Waals surface area contributed by atoms with Crippen molar-refractivity contribution in [1.29, 1.82) is 0 Å². The average molecular weight is 259 g/mol. The molecule has 0 fully saturated rings. The zero-order chi connectivity index (χ0) is 14.0. The van der Waals surface area contributed by atoms with Gasteiger partial charge >= 0.3 is 0 Å². The van der Waals surface area contributed by atoms with E-state index in [1.807, 2.05) is 38.2 Å². The molecule has 0 radical (unpaired) electrons. The Bertz CT molecular complexity index is 652. The minimum atomic E-state index is -0.130. The SMILES string of the molecule is CC(C)=CC(=O)NCc1nnc2nc(C)cc(C)n12. The highest BCUT2D eigenvalue weighted by Crippen LogP contribution is 2.07. The molecule has 6 heteroatoms. The second-order valence-electron chi connectivity index (χ2n) is 4.73. The van der Waals surface area contributed by atoms with Crippen LogP contribution in [0.4, 0.5) is 0 Å². The Morgan fingerprint density at radius 3 is 2.79 bits per heavy atom. The molecule has 0 bridgehead atoms. The number of carbonyl (C=O) groups is 1. The van der Waals surface area contributed by atoms with Crippen molar-refractivity contribution in [3.8, 4) is 0 Å². The Morgan fingerprint density at radius 1 is 1.37 bits per heavy atom. The third-order valence-corrected chi connectivity index (χ3v) is 2.60. The van der Waals surface area contributed by atoms with Crippen molar-refractivity contribution in [3.63, 3.8) is 0 Å². The predicted molar refractivity (Wildman–Crippen MR) is 71.5 cm³/mol. The number of nitrogens with zero attached hydrogens (tertiary/aromatic N) is 4. The van der Waals surface area contributed by atoms with Gasteiger partial charge in [-0.25, -0.2) is 4.98 Å². The Morgan fingerprint density at radius 2 is 2.11 bits per heavy atom. The van der Waals surface area contributed by atoms with E-state index in [1.54, 1.807) is 6.08 Å². The smallest absolute Gasteiger partial charge is 0.255 e. The van der Waals surface area contributed by atoms with Crippen molar-refractivity contribution in [3.05, 3.63) is 34.9 Å². The normalized spacial score (nSPS) is 10.5. The first-order valence-electron chi connectivity index (χ1n) is 6.08. The van der Waals surface area contributed by atoms with E-state index < -0.39 is 0 Å². The minimum Gasteiger partial charge on any atom is -0.345 e. The topological polar surface area (TPSA) is 72.2 Å². The summed E-state index contributed by atoms with van der Waals surface area (Å²) < 4.78 is 1.84. The number of amides is 1. The van der Waals surface area contributed by atoms with E-state index in [4.69, 9.17) is 0 Å². The summed E-state index contributed by atoms with van der Waals surface area (Å²) in [6, 6.07) is 1.96. The summed E-state index contributed by atoms with van der Waals surface area (Å²) in [6.45, 7) is 7.96. The van der Waals surface area contributed by atoms with Crippen LogP contribution >= 0.6 is 0 Å². The fourth-order valence-electron chi connectivity index (χ4n) is 1.89. The van der Waals surface area contributed by atoms with E-state index in [1.165, 1.54) is 0 Å². The van der Waals surface area contributed by atoms with Gasteiger partial charge in [0.25, 0.3) is 5.78 Å². The van der Waals surface area contributed by atoms with Crippen molar-refractivity contribution >= 4 is 11.7 Å². The van der Waals surface area contributed by atoms with Crippen molar-refractivity contribution in [2.75, 3.05) is 0 Å². The van der Waals surface area contributed by atoms with E-state index in [0.717, 1.165) is 17.0 Å². The van der Waals surface area contributed by atoms with Crippen LogP contribution in [-0.4, -0.2) is 25.5 Å². The van der Waals surface area contributed by atoms with Gasteiger partial charge in [0.1, 0.15) is 0 Å². The number of nitrogens with one attached hydrogen (secondary N) is 1. The maximum Gasteiger partial charge on any atom is 0.255 e. The van der Waals surface area contributed by atoms with E-state index in [-0.39, 0.29) is 5.91 Å². The second kappa shape index (κ2) is 5.17. The lowest BCUT2D eigenvalue weighted by Crippen LogP contribution is -2.22. The van der Waals surface area contributed by atoms with Gasteiger partial charge in [-0.3, -0.25) is 9.20 Å². The monoisotopic (exact) mass is 259 g/mol. The highest BCUT2D eigenvalue weighted by molar-refractivity contribution is 5.87. The standard InChI is InChI=1S/C13H17N5O/c1-8(2)5-12(19)14-7-11-16-17-13-15-9(3)6-10(4)18(11)13/h5-6H,7H2,1-4H3,(H,14,19). The summed E-state index contributed by atoms with van der Waals surface area (Å²) in [6.07, 6.45) is 1.55. The molecule has 2 heterocycles. The van der Waals surface area contributed by atoms with Crippen LogP contribution in [0.3, 0.4) is 0 Å². The number of carbonyl (C=O) groups excluding carboxylic acids is 1. The molecule has 0 spiro atoms. The molecule has 0 atom stereocenters. The first kappa shape index (κ1) is 13.2. The molecule has 0 saturated carbocycles. The summed E-state index contributed by atoms with van der Waals surface area (Å²) in [4.78, 5) is 15.9. The second-order valence-corrected chi connectivity index (χ2v) is 4.73. The lowest BCUT2D eigenvalue weighted by atomic mass is 10.3. The Kier molecular flexibility index (Phi) is 3.59. The molecule has 2 rings (SSSR count). The van der Waals surface area contributed by atoms with E-state index in [9.17, 15) is 4.79 Å². The molecule has 6 nitrogen and oxygen atoms in total. The Hall–Kier alpha value is -2.24. The van der Waals surface area contributed by atoms with Gasteiger partial charge in [-0.2, -0.15) is 0 Å². The molecule has 0 saturated heterocycles. The van der Waals surface area contributed by atoms with Gasteiger partial charge in [-0.15, -0.1) is 10.2 Å². The molecule has 0 aliphatic carbocycles. The largest absolute Gasteiger partial charge is 0.345 e. The molecule has 100 valence electrons. The highest BCUT2D eigenvalue weighted by atomic mass is 16.1. The van der Waals surface area contributed by atoms with Crippen molar-refractivity contribution in [1.82, 2.24) is 24.9 Å². The first-order valence-corrected chi connectivity index (χ1v) is 6.08. The van der Waals surface area contributed by atoms with Crippen molar-refractivity contribution in [2.24, 2.45) is 0 Å². The van der Waals surface area contributed by atoms with Gasteiger partial charge in [0.05, 0.1) is 6.54 Å². The van der Waals surface area contributed by atoms with Crippen LogP contribution in [0.25, 0.3) is 5.78 Å². The van der Waals surface area contributed by atoms with Crippen LogP contribution in [0.1, 0.15) is 31.1 Å². The molecule has 0 aliphatic rings. The minimum absolute atomic E-state index is 0.130. The molecular formula is C13H17N5O. The van der Waals surface area contributed by atoms with Crippen molar-refractivity contribution < 1.29 is 4.79 Å². The van der Waals surface area contributed by atoms with Gasteiger partial charge in [-0.1, -0.05) is 5.57 Å². The molecule has 1 amide bonds. The summed E-state index contributed by atoms with van der Waals surface area (Å²) in [5.74, 6) is 1.11. The third kappa shape index (κ3) is 2.96. The Balaban J connectivity index is 2.23. The lowest BCUT2D eigenvalue weighted by Gasteiger charge is -2.05. The summed E-state index contributed by atoms with van der Waals surface area (Å²) in [7, 11) is 0. The van der Waals surface area contributed by atoms with E-state index in [0.29, 0.717) is 18.1 Å². The quantitative estimate of drug-likeness (QED) is 0.844. The van der Waals surface area contributed by atoms with Gasteiger partial charge in [-0.05, 0) is 33.8 Å². The summed E-state index contributed by atoms with van der Waals surface area (Å²) in [5, 5.41) is 10.9. The van der Waals surface area contributed by atoms with Crippen molar-refractivity contribution in [2.45, 2.75) is 34.2 Å². The van der Waals surface area contributed by atoms with Gasteiger partial charge in [0.15, 0.2) is 5.82 Å². The number of rotatable bonds is 3. The number of allylic oxidation sites excluding steroid dienone is 1. The van der Waals surface area contributed by atoms with Gasteiger partial charge in [0.2, 0.25) is 5.91 Å². The van der Waals surface area contributed by atoms with Crippen LogP contribution in [0, 0.1) is 13.8 Å². The summed E-state index contributed by atoms with van der Waals surface area (Å²) >= 11 is 0. The molecule has 1 N–H and O–H groups in total. The zero-order valence-corrected chi connectivity index (χ0v) is 11.6. The van der Waals surface area contributed by atoms with E-state index >= 15 is 0 Å². The highest BCUT2D eigenvalue weighted by Gasteiger charge is 2.09. The Labute approximate surface area is 111 Å². The van der Waals surface area contributed by atoms with Crippen LogP contribution in [0.2, 0.25) is 0 Å². The molecule has 2 aromatic heterocycles. The number of aryl methyl sites for hydroxylation is 2. The van der Waals surface area contributed by atoms with Crippen LogP contribution in [-0.2, 0) is 11.3 Å². The molecule has 0 aromatic carbocycles. The number of hydrogen-bond acceptors (Lipinski definition) is 4. The van der Waals surface area contributed by atoms with Crippen LogP contribution < -0.4 is 5.32 Å². The lowest BCUT2D eigenvalue weighted by molar-refractivity contribution is -0.116. The molecule has 0 unspecified atom stereocenters. The molecular weight excluding hydrogens is 242 g/mol. The number of aromatic nitrogens is 4. The fraction of sp³-hybridized carbons (Fsp3) is 0.385.